The maximum Gasteiger partial charge on any atom is 0.264 e. The molecule has 0 bridgehead atoms. The number of hydrogen-bond acceptors (Lipinski definition) is 4. The van der Waals surface area contributed by atoms with Crippen molar-refractivity contribution in [3.63, 3.8) is 0 Å². The highest BCUT2D eigenvalue weighted by Gasteiger charge is 2.20. The Balaban J connectivity index is 2.44. The van der Waals surface area contributed by atoms with Gasteiger partial charge in [0.15, 0.2) is 5.69 Å². The first-order valence-electron chi connectivity index (χ1n) is 5.27. The number of nitrogens with one attached hydrogen (secondary N) is 1. The van der Waals surface area contributed by atoms with Gasteiger partial charge in [-0.1, -0.05) is 0 Å². The third-order valence-corrected chi connectivity index (χ3v) is 4.39. The predicted molar refractivity (Wildman–Crippen MR) is 73.9 cm³/mol. The third-order valence-electron chi connectivity index (χ3n) is 2.34. The van der Waals surface area contributed by atoms with Gasteiger partial charge in [-0.2, -0.15) is 5.26 Å². The molecule has 102 valence electrons. The fraction of sp³-hybridized carbons (Fsp3) is 0. The van der Waals surface area contributed by atoms with Crippen molar-refractivity contribution in [2.45, 2.75) is 4.90 Å². The molecule has 5 nitrogen and oxygen atoms in total. The van der Waals surface area contributed by atoms with Gasteiger partial charge in [0.05, 0.1) is 5.69 Å². The van der Waals surface area contributed by atoms with E-state index in [-0.39, 0.29) is 20.7 Å². The van der Waals surface area contributed by atoms with Crippen LogP contribution >= 0.6 is 15.9 Å². The van der Waals surface area contributed by atoms with E-state index in [1.165, 1.54) is 24.4 Å². The van der Waals surface area contributed by atoms with Gasteiger partial charge in [-0.05, 0) is 46.3 Å². The Kier molecular flexibility index (Phi) is 4.01. The summed E-state index contributed by atoms with van der Waals surface area (Å²) < 4.78 is 39.9. The summed E-state index contributed by atoms with van der Waals surface area (Å²) in [5, 5.41) is 8.88. The molecule has 2 rings (SSSR count). The SMILES string of the molecule is N#Cc1ncccc1S(=O)(=O)Nc1ccc(F)cc1Br. The summed E-state index contributed by atoms with van der Waals surface area (Å²) in [5.41, 5.74) is -0.0441. The molecule has 0 aliphatic carbocycles. The number of hydrogen-bond donors (Lipinski definition) is 1. The second-order valence-electron chi connectivity index (χ2n) is 3.69. The van der Waals surface area contributed by atoms with Crippen molar-refractivity contribution in [1.29, 1.82) is 5.26 Å². The van der Waals surface area contributed by atoms with Crippen molar-refractivity contribution in [3.8, 4) is 6.07 Å². The highest BCUT2D eigenvalue weighted by Crippen LogP contribution is 2.26. The number of rotatable bonds is 3. The van der Waals surface area contributed by atoms with E-state index in [0.717, 1.165) is 12.1 Å². The van der Waals surface area contributed by atoms with Gasteiger partial charge in [0.25, 0.3) is 10.0 Å². The van der Waals surface area contributed by atoms with Crippen molar-refractivity contribution in [1.82, 2.24) is 4.98 Å². The Hall–Kier alpha value is -1.98. The van der Waals surface area contributed by atoms with E-state index in [2.05, 4.69) is 25.6 Å². The van der Waals surface area contributed by atoms with Crippen LogP contribution in [0.4, 0.5) is 10.1 Å². The largest absolute Gasteiger partial charge is 0.278 e. The van der Waals surface area contributed by atoms with Gasteiger partial charge in [-0.25, -0.2) is 17.8 Å². The molecule has 20 heavy (non-hydrogen) atoms. The number of halogens is 2. The van der Waals surface area contributed by atoms with Gasteiger partial charge in [-0.15, -0.1) is 0 Å². The zero-order valence-corrected chi connectivity index (χ0v) is 12.2. The molecular weight excluding hydrogens is 349 g/mol. The lowest BCUT2D eigenvalue weighted by molar-refractivity contribution is 0.600. The first kappa shape index (κ1) is 14.4. The lowest BCUT2D eigenvalue weighted by Crippen LogP contribution is -2.15. The van der Waals surface area contributed by atoms with Gasteiger partial charge >= 0.3 is 0 Å². The maximum atomic E-state index is 13.0. The number of anilines is 1. The molecule has 2 aromatic rings. The Morgan fingerprint density at radius 1 is 1.35 bits per heavy atom. The molecule has 0 aliphatic rings. The number of aromatic nitrogens is 1. The summed E-state index contributed by atoms with van der Waals surface area (Å²) in [6.45, 7) is 0. The highest BCUT2D eigenvalue weighted by atomic mass is 79.9. The summed E-state index contributed by atoms with van der Waals surface area (Å²) in [4.78, 5) is 3.45. The topological polar surface area (TPSA) is 82.8 Å². The van der Waals surface area contributed by atoms with E-state index in [9.17, 15) is 12.8 Å². The van der Waals surface area contributed by atoms with E-state index < -0.39 is 15.8 Å². The van der Waals surface area contributed by atoms with Crippen molar-refractivity contribution in [2.75, 3.05) is 4.72 Å². The number of sulfonamides is 1. The van der Waals surface area contributed by atoms with Crippen LogP contribution in [-0.4, -0.2) is 13.4 Å². The van der Waals surface area contributed by atoms with Crippen LogP contribution in [0.25, 0.3) is 0 Å². The fourth-order valence-corrected chi connectivity index (χ4v) is 3.23. The Bertz CT molecular complexity index is 803. The van der Waals surface area contributed by atoms with Gasteiger partial charge < -0.3 is 0 Å². The molecule has 0 saturated heterocycles. The van der Waals surface area contributed by atoms with Gasteiger partial charge in [0, 0.05) is 10.7 Å². The second-order valence-corrected chi connectivity index (χ2v) is 6.20. The standard InChI is InChI=1S/C12H7BrFN3O2S/c13-9-6-8(14)3-4-10(9)17-20(18,19)12-2-1-5-16-11(12)7-15/h1-6,17H. The smallest absolute Gasteiger partial charge is 0.264 e. The normalized spacial score (nSPS) is 10.8. The van der Waals surface area contributed by atoms with Crippen molar-refractivity contribution >= 4 is 31.6 Å². The molecule has 1 heterocycles. The Morgan fingerprint density at radius 3 is 2.75 bits per heavy atom. The quantitative estimate of drug-likeness (QED) is 0.917. The minimum atomic E-state index is -3.98. The van der Waals surface area contributed by atoms with Gasteiger partial charge in [0.2, 0.25) is 0 Å². The molecule has 0 amide bonds. The molecule has 0 saturated carbocycles. The van der Waals surface area contributed by atoms with Crippen LogP contribution in [0.1, 0.15) is 5.69 Å². The highest BCUT2D eigenvalue weighted by molar-refractivity contribution is 9.10. The predicted octanol–water partition coefficient (Wildman–Crippen LogP) is 2.66. The Labute approximate surface area is 123 Å². The lowest BCUT2D eigenvalue weighted by atomic mass is 10.3. The fourth-order valence-electron chi connectivity index (χ4n) is 1.46. The molecule has 1 aromatic carbocycles. The lowest BCUT2D eigenvalue weighted by Gasteiger charge is -2.10. The van der Waals surface area contributed by atoms with Crippen LogP contribution in [0, 0.1) is 17.1 Å². The Morgan fingerprint density at radius 2 is 2.10 bits per heavy atom. The molecule has 1 aromatic heterocycles. The first-order chi connectivity index (χ1) is 9.44. The molecule has 8 heteroatoms. The summed E-state index contributed by atoms with van der Waals surface area (Å²) in [6.07, 6.45) is 1.32. The molecule has 1 N–H and O–H groups in total. The van der Waals surface area contributed by atoms with E-state index in [0.29, 0.717) is 0 Å². The average Bonchev–Trinajstić information content (AvgIpc) is 2.42. The average molecular weight is 356 g/mol. The van der Waals surface area contributed by atoms with Crippen LogP contribution in [0.2, 0.25) is 0 Å². The number of nitriles is 1. The third kappa shape index (κ3) is 2.95. The number of nitrogens with zero attached hydrogens (tertiary/aromatic N) is 2. The van der Waals surface area contributed by atoms with E-state index >= 15 is 0 Å². The molecule has 0 atom stereocenters. The zero-order chi connectivity index (χ0) is 14.8. The molecule has 0 radical (unpaired) electrons. The number of benzene rings is 1. The summed E-state index contributed by atoms with van der Waals surface area (Å²) >= 11 is 3.06. The van der Waals surface area contributed by atoms with Crippen LogP contribution in [-0.2, 0) is 10.0 Å². The molecule has 0 fully saturated rings. The van der Waals surface area contributed by atoms with Crippen LogP contribution in [0.5, 0.6) is 0 Å². The summed E-state index contributed by atoms with van der Waals surface area (Å²) in [7, 11) is -3.98. The monoisotopic (exact) mass is 355 g/mol. The van der Waals surface area contributed by atoms with Crippen LogP contribution < -0.4 is 4.72 Å². The van der Waals surface area contributed by atoms with Crippen molar-refractivity contribution < 1.29 is 12.8 Å². The van der Waals surface area contributed by atoms with Gasteiger partial charge in [0.1, 0.15) is 16.8 Å². The first-order valence-corrected chi connectivity index (χ1v) is 7.54. The van der Waals surface area contributed by atoms with Crippen LogP contribution in [0.15, 0.2) is 45.9 Å². The summed E-state index contributed by atoms with van der Waals surface area (Å²) in [6, 6.07) is 7.92. The van der Waals surface area contributed by atoms with Gasteiger partial charge in [-0.3, -0.25) is 4.72 Å². The van der Waals surface area contributed by atoms with E-state index in [4.69, 9.17) is 5.26 Å². The van der Waals surface area contributed by atoms with E-state index in [1.54, 1.807) is 6.07 Å². The molecule has 0 spiro atoms. The molecule has 0 aliphatic heterocycles. The maximum absolute atomic E-state index is 13.0. The van der Waals surface area contributed by atoms with Crippen molar-refractivity contribution in [3.05, 3.63) is 52.5 Å². The van der Waals surface area contributed by atoms with E-state index in [1.807, 2.05) is 0 Å². The zero-order valence-electron chi connectivity index (χ0n) is 9.84. The molecule has 0 unspecified atom stereocenters. The van der Waals surface area contributed by atoms with Crippen molar-refractivity contribution in [2.24, 2.45) is 0 Å². The minimum Gasteiger partial charge on any atom is -0.278 e. The summed E-state index contributed by atoms with van der Waals surface area (Å²) in [5.74, 6) is -0.501. The number of pyridine rings is 1. The molecular formula is C12H7BrFN3O2S. The minimum absolute atomic E-state index is 0.166. The second kappa shape index (κ2) is 5.56. The van der Waals surface area contributed by atoms with Crippen LogP contribution in [0.3, 0.4) is 0 Å².